The lowest BCUT2D eigenvalue weighted by Gasteiger charge is -2.01. The number of hydrogen-bond donors (Lipinski definition) is 1. The first-order chi connectivity index (χ1) is 8.56. The lowest BCUT2D eigenvalue weighted by atomic mass is 10.2. The summed E-state index contributed by atoms with van der Waals surface area (Å²) in [7, 11) is 0. The highest BCUT2D eigenvalue weighted by Gasteiger charge is 2.11. The van der Waals surface area contributed by atoms with E-state index in [1.807, 2.05) is 13.8 Å². The molecule has 0 unspecified atom stereocenters. The van der Waals surface area contributed by atoms with Crippen LogP contribution in [0, 0.1) is 5.82 Å². The highest BCUT2D eigenvalue weighted by atomic mass is 32.2. The van der Waals surface area contributed by atoms with Crippen molar-refractivity contribution in [2.24, 2.45) is 0 Å². The maximum Gasteiger partial charge on any atom is 0.229 e. The van der Waals surface area contributed by atoms with E-state index in [1.54, 1.807) is 12.1 Å². The number of nitrogen functional groups attached to an aromatic ring is 1. The number of hydrogen-bond acceptors (Lipinski definition) is 5. The van der Waals surface area contributed by atoms with Crippen LogP contribution in [-0.2, 0) is 5.75 Å². The van der Waals surface area contributed by atoms with Crippen molar-refractivity contribution in [2.45, 2.75) is 30.4 Å². The molecule has 18 heavy (non-hydrogen) atoms. The van der Waals surface area contributed by atoms with Crippen molar-refractivity contribution < 1.29 is 8.91 Å². The molecule has 0 bridgehead atoms. The predicted octanol–water partition coefficient (Wildman–Crippen LogP) is 3.21. The van der Waals surface area contributed by atoms with Gasteiger partial charge >= 0.3 is 0 Å². The molecule has 2 aromatic rings. The second-order valence-electron chi connectivity index (χ2n) is 4.18. The van der Waals surface area contributed by atoms with Crippen LogP contribution in [-0.4, -0.2) is 10.1 Å². The Bertz CT molecular complexity index is 542. The number of rotatable bonds is 4. The average molecular weight is 267 g/mol. The Hall–Kier alpha value is -1.56. The first kappa shape index (κ1) is 12.9. The van der Waals surface area contributed by atoms with Crippen LogP contribution in [0.25, 0.3) is 0 Å². The minimum absolute atomic E-state index is 0.199. The number of halogens is 1. The van der Waals surface area contributed by atoms with Crippen molar-refractivity contribution in [1.82, 2.24) is 10.1 Å². The molecule has 6 heteroatoms. The van der Waals surface area contributed by atoms with E-state index < -0.39 is 0 Å². The molecular weight excluding hydrogens is 253 g/mol. The highest BCUT2D eigenvalue weighted by Crippen LogP contribution is 2.26. The number of nitrogens with two attached hydrogens (primary N) is 1. The fourth-order valence-electron chi connectivity index (χ4n) is 1.34. The summed E-state index contributed by atoms with van der Waals surface area (Å²) in [5, 5.41) is 3.85. The zero-order chi connectivity index (χ0) is 13.1. The monoisotopic (exact) mass is 267 g/mol. The molecule has 1 heterocycles. The maximum atomic E-state index is 13.5. The minimum atomic E-state index is -0.326. The van der Waals surface area contributed by atoms with Gasteiger partial charge in [-0.2, -0.15) is 4.98 Å². The third kappa shape index (κ3) is 3.01. The lowest BCUT2D eigenvalue weighted by Crippen LogP contribution is -1.90. The molecule has 1 aromatic carbocycles. The Morgan fingerprint density at radius 2 is 2.22 bits per heavy atom. The molecular formula is C12H14FN3OS. The summed E-state index contributed by atoms with van der Waals surface area (Å²) >= 11 is 1.32. The summed E-state index contributed by atoms with van der Waals surface area (Å²) in [5.74, 6) is 1.51. The van der Waals surface area contributed by atoms with Crippen LogP contribution in [0.3, 0.4) is 0 Å². The van der Waals surface area contributed by atoms with Crippen molar-refractivity contribution in [2.75, 3.05) is 5.73 Å². The van der Waals surface area contributed by atoms with Crippen LogP contribution in [0.4, 0.5) is 10.1 Å². The average Bonchev–Trinajstić information content (AvgIpc) is 2.76. The first-order valence-corrected chi connectivity index (χ1v) is 6.55. The van der Waals surface area contributed by atoms with Crippen LogP contribution in [0.15, 0.2) is 27.6 Å². The van der Waals surface area contributed by atoms with Gasteiger partial charge in [0, 0.05) is 16.5 Å². The topological polar surface area (TPSA) is 64.9 Å². The Kier molecular flexibility index (Phi) is 3.86. The van der Waals surface area contributed by atoms with Gasteiger partial charge in [-0.1, -0.05) is 19.0 Å². The van der Waals surface area contributed by atoms with Crippen molar-refractivity contribution in [3.63, 3.8) is 0 Å². The second kappa shape index (κ2) is 5.39. The van der Waals surface area contributed by atoms with Crippen LogP contribution in [0.2, 0.25) is 0 Å². The standard InChI is InChI=1S/C12H14FN3OS/c1-7(2)12-15-11(16-17-12)6-18-10-4-3-8(14)5-9(10)13/h3-5,7H,6,14H2,1-2H3. The van der Waals surface area contributed by atoms with Gasteiger partial charge in [-0.25, -0.2) is 4.39 Å². The molecule has 96 valence electrons. The molecule has 0 spiro atoms. The van der Waals surface area contributed by atoms with E-state index in [4.69, 9.17) is 10.3 Å². The maximum absolute atomic E-state index is 13.5. The van der Waals surface area contributed by atoms with Gasteiger partial charge in [0.05, 0.1) is 5.75 Å². The molecule has 0 aliphatic heterocycles. The summed E-state index contributed by atoms with van der Waals surface area (Å²) in [6.45, 7) is 3.95. The van der Waals surface area contributed by atoms with Crippen LogP contribution < -0.4 is 5.73 Å². The Morgan fingerprint density at radius 1 is 1.44 bits per heavy atom. The highest BCUT2D eigenvalue weighted by molar-refractivity contribution is 7.98. The molecule has 2 rings (SSSR count). The van der Waals surface area contributed by atoms with Gasteiger partial charge in [0.2, 0.25) is 5.89 Å². The Balaban J connectivity index is 2.02. The van der Waals surface area contributed by atoms with Gasteiger partial charge < -0.3 is 10.3 Å². The van der Waals surface area contributed by atoms with E-state index in [-0.39, 0.29) is 11.7 Å². The van der Waals surface area contributed by atoms with Crippen molar-refractivity contribution in [3.05, 3.63) is 35.7 Å². The van der Waals surface area contributed by atoms with Gasteiger partial charge in [0.25, 0.3) is 0 Å². The second-order valence-corrected chi connectivity index (χ2v) is 5.20. The fraction of sp³-hybridized carbons (Fsp3) is 0.333. The molecule has 0 aliphatic carbocycles. The minimum Gasteiger partial charge on any atom is -0.399 e. The smallest absolute Gasteiger partial charge is 0.229 e. The third-order valence-electron chi connectivity index (χ3n) is 2.29. The summed E-state index contributed by atoms with van der Waals surface area (Å²) in [6, 6.07) is 4.62. The molecule has 0 radical (unpaired) electrons. The predicted molar refractivity (Wildman–Crippen MR) is 68.8 cm³/mol. The normalized spacial score (nSPS) is 11.1. The molecule has 4 nitrogen and oxygen atoms in total. The molecule has 0 amide bonds. The zero-order valence-corrected chi connectivity index (χ0v) is 11.0. The summed E-state index contributed by atoms with van der Waals surface area (Å²) < 4.78 is 18.6. The molecule has 0 fully saturated rings. The molecule has 0 aliphatic rings. The van der Waals surface area contributed by atoms with Gasteiger partial charge in [-0.15, -0.1) is 11.8 Å². The van der Waals surface area contributed by atoms with Crippen LogP contribution in [0.5, 0.6) is 0 Å². The van der Waals surface area contributed by atoms with E-state index in [1.165, 1.54) is 17.8 Å². The number of nitrogens with zero attached hydrogens (tertiary/aromatic N) is 2. The quantitative estimate of drug-likeness (QED) is 0.680. The van der Waals surface area contributed by atoms with Gasteiger partial charge in [-0.3, -0.25) is 0 Å². The Morgan fingerprint density at radius 3 is 2.83 bits per heavy atom. The van der Waals surface area contributed by atoms with Gasteiger partial charge in [0.1, 0.15) is 5.82 Å². The van der Waals surface area contributed by atoms with E-state index in [9.17, 15) is 4.39 Å². The van der Waals surface area contributed by atoms with Crippen molar-refractivity contribution in [3.8, 4) is 0 Å². The van der Waals surface area contributed by atoms with Crippen LogP contribution >= 0.6 is 11.8 Å². The third-order valence-corrected chi connectivity index (χ3v) is 3.34. The van der Waals surface area contributed by atoms with E-state index in [0.717, 1.165) is 0 Å². The van der Waals surface area contributed by atoms with E-state index in [2.05, 4.69) is 10.1 Å². The zero-order valence-electron chi connectivity index (χ0n) is 10.2. The van der Waals surface area contributed by atoms with E-state index in [0.29, 0.717) is 28.1 Å². The first-order valence-electron chi connectivity index (χ1n) is 5.56. The fourth-order valence-corrected chi connectivity index (χ4v) is 2.10. The molecule has 0 atom stereocenters. The SMILES string of the molecule is CC(C)c1nc(CSc2ccc(N)cc2F)no1. The van der Waals surface area contributed by atoms with Crippen molar-refractivity contribution in [1.29, 1.82) is 0 Å². The molecule has 0 saturated heterocycles. The number of aromatic nitrogens is 2. The largest absolute Gasteiger partial charge is 0.399 e. The van der Waals surface area contributed by atoms with E-state index >= 15 is 0 Å². The van der Waals surface area contributed by atoms with Crippen molar-refractivity contribution >= 4 is 17.4 Å². The molecule has 0 saturated carbocycles. The van der Waals surface area contributed by atoms with Gasteiger partial charge in [0.15, 0.2) is 5.82 Å². The number of thioether (sulfide) groups is 1. The molecule has 2 N–H and O–H groups in total. The number of benzene rings is 1. The summed E-state index contributed by atoms with van der Waals surface area (Å²) in [5.41, 5.74) is 5.90. The Labute approximate surface area is 109 Å². The lowest BCUT2D eigenvalue weighted by molar-refractivity contribution is 0.362. The van der Waals surface area contributed by atoms with Crippen LogP contribution in [0.1, 0.15) is 31.5 Å². The number of anilines is 1. The van der Waals surface area contributed by atoms with Gasteiger partial charge in [-0.05, 0) is 18.2 Å². The summed E-state index contributed by atoms with van der Waals surface area (Å²) in [4.78, 5) is 4.75. The molecule has 1 aromatic heterocycles. The summed E-state index contributed by atoms with van der Waals surface area (Å²) in [6.07, 6.45) is 0.